The van der Waals surface area contributed by atoms with Crippen LogP contribution in [0.4, 0.5) is 0 Å². The molecule has 2 aromatic carbocycles. The van der Waals surface area contributed by atoms with Crippen molar-refractivity contribution in [2.24, 2.45) is 0 Å². The van der Waals surface area contributed by atoms with E-state index in [1.54, 1.807) is 18.6 Å². The van der Waals surface area contributed by atoms with Crippen LogP contribution < -0.4 is 10.4 Å². The van der Waals surface area contributed by atoms with Crippen molar-refractivity contribution in [3.63, 3.8) is 0 Å². The fourth-order valence-electron chi connectivity index (χ4n) is 4.62. The average molecular weight is 437 g/mol. The van der Waals surface area contributed by atoms with Gasteiger partial charge in [-0.1, -0.05) is 81.4 Å². The van der Waals surface area contributed by atoms with Crippen molar-refractivity contribution in [3.8, 4) is 0 Å². The Balaban J connectivity index is 1.54. The van der Waals surface area contributed by atoms with Crippen LogP contribution in [-0.2, 0) is 9.16 Å². The van der Waals surface area contributed by atoms with E-state index in [0.717, 1.165) is 18.4 Å². The summed E-state index contributed by atoms with van der Waals surface area (Å²) < 4.78 is 17.8. The number of aliphatic hydroxyl groups is 1. The quantitative estimate of drug-likeness (QED) is 0.306. The van der Waals surface area contributed by atoms with Crippen molar-refractivity contribution in [1.29, 1.82) is 0 Å². The molecule has 0 bridgehead atoms. The number of furan rings is 1. The Labute approximate surface area is 186 Å². The van der Waals surface area contributed by atoms with Gasteiger partial charge in [-0.3, -0.25) is 0 Å². The number of hydrogen-bond donors (Lipinski definition) is 1. The lowest BCUT2D eigenvalue weighted by molar-refractivity contribution is 0.0644. The minimum absolute atomic E-state index is 0.0419. The van der Waals surface area contributed by atoms with Crippen molar-refractivity contribution >= 4 is 18.7 Å². The Hall–Kier alpha value is -2.18. The topological polar surface area (TPSA) is 55.1 Å². The molecule has 1 aliphatic rings. The number of aliphatic hydroxyl groups excluding tert-OH is 1. The average Bonchev–Trinajstić information content (AvgIpc) is 3.36. The van der Waals surface area contributed by atoms with E-state index < -0.39 is 20.0 Å². The zero-order valence-electron chi connectivity index (χ0n) is 18.6. The van der Waals surface area contributed by atoms with Gasteiger partial charge in [0.2, 0.25) is 0 Å². The molecule has 0 aliphatic carbocycles. The normalized spacial score (nSPS) is 19.9. The second kappa shape index (κ2) is 8.75. The van der Waals surface area contributed by atoms with E-state index in [2.05, 4.69) is 81.4 Å². The SMILES string of the molecule is CC(C)(C)[Si](OCCC[C@]1([C@@H](O)c2ccoc2)CO1)(c1ccccc1)c1ccccc1. The molecule has 1 fully saturated rings. The first-order valence-electron chi connectivity index (χ1n) is 11.0. The Kier molecular flexibility index (Phi) is 6.22. The maximum absolute atomic E-state index is 10.7. The Bertz CT molecular complexity index is 905. The van der Waals surface area contributed by atoms with Crippen molar-refractivity contribution in [3.05, 3.63) is 84.8 Å². The summed E-state index contributed by atoms with van der Waals surface area (Å²) in [5, 5.41) is 13.2. The molecule has 4 nitrogen and oxygen atoms in total. The molecule has 0 spiro atoms. The smallest absolute Gasteiger partial charge is 0.261 e. The highest BCUT2D eigenvalue weighted by atomic mass is 28.4. The molecule has 31 heavy (non-hydrogen) atoms. The first kappa shape index (κ1) is 22.0. The van der Waals surface area contributed by atoms with E-state index in [0.29, 0.717) is 13.2 Å². The van der Waals surface area contributed by atoms with Gasteiger partial charge in [-0.2, -0.15) is 0 Å². The molecule has 4 rings (SSSR count). The van der Waals surface area contributed by atoms with Crippen LogP contribution in [0.15, 0.2) is 83.7 Å². The van der Waals surface area contributed by atoms with Crippen LogP contribution in [0.25, 0.3) is 0 Å². The summed E-state index contributed by atoms with van der Waals surface area (Å²) in [7, 11) is -2.52. The third kappa shape index (κ3) is 4.28. The van der Waals surface area contributed by atoms with Crippen LogP contribution in [0.3, 0.4) is 0 Å². The van der Waals surface area contributed by atoms with Gasteiger partial charge in [0.15, 0.2) is 0 Å². The third-order valence-electron chi connectivity index (χ3n) is 6.35. The van der Waals surface area contributed by atoms with Gasteiger partial charge in [-0.05, 0) is 34.3 Å². The molecule has 1 N–H and O–H groups in total. The van der Waals surface area contributed by atoms with Crippen molar-refractivity contribution in [1.82, 2.24) is 0 Å². The Morgan fingerprint density at radius 2 is 1.58 bits per heavy atom. The maximum atomic E-state index is 10.7. The Morgan fingerprint density at radius 3 is 2.03 bits per heavy atom. The van der Waals surface area contributed by atoms with Crippen LogP contribution >= 0.6 is 0 Å². The predicted molar refractivity (Wildman–Crippen MR) is 125 cm³/mol. The van der Waals surface area contributed by atoms with E-state index in [1.165, 1.54) is 10.4 Å². The largest absolute Gasteiger partial charge is 0.472 e. The molecule has 1 saturated heterocycles. The summed E-state index contributed by atoms with van der Waals surface area (Å²) in [5.41, 5.74) is 0.254. The molecule has 1 aromatic heterocycles. The maximum Gasteiger partial charge on any atom is 0.261 e. The molecule has 2 heterocycles. The van der Waals surface area contributed by atoms with Gasteiger partial charge < -0.3 is 18.7 Å². The lowest BCUT2D eigenvalue weighted by Crippen LogP contribution is -2.66. The molecule has 0 saturated carbocycles. The second-order valence-corrected chi connectivity index (χ2v) is 13.7. The van der Waals surface area contributed by atoms with Gasteiger partial charge >= 0.3 is 0 Å². The molecule has 3 aromatic rings. The number of hydrogen-bond acceptors (Lipinski definition) is 4. The molecular formula is C26H32O4Si. The van der Waals surface area contributed by atoms with Crippen LogP contribution in [-0.4, -0.2) is 32.2 Å². The monoisotopic (exact) mass is 436 g/mol. The van der Waals surface area contributed by atoms with E-state index in [4.69, 9.17) is 13.6 Å². The molecule has 0 unspecified atom stereocenters. The van der Waals surface area contributed by atoms with E-state index in [-0.39, 0.29) is 5.04 Å². The summed E-state index contributed by atoms with van der Waals surface area (Å²) in [6.45, 7) is 8.04. The van der Waals surface area contributed by atoms with Crippen LogP contribution in [0, 0.1) is 0 Å². The van der Waals surface area contributed by atoms with Gasteiger partial charge in [0, 0.05) is 12.2 Å². The first-order chi connectivity index (χ1) is 14.9. The zero-order chi connectivity index (χ0) is 22.0. The molecule has 0 amide bonds. The van der Waals surface area contributed by atoms with Crippen molar-refractivity contribution in [2.75, 3.05) is 13.2 Å². The van der Waals surface area contributed by atoms with Crippen molar-refractivity contribution < 1.29 is 18.7 Å². The minimum atomic E-state index is -2.52. The summed E-state index contributed by atoms with van der Waals surface area (Å²) in [4.78, 5) is 0. The zero-order valence-corrected chi connectivity index (χ0v) is 19.6. The molecule has 0 radical (unpaired) electrons. The summed E-state index contributed by atoms with van der Waals surface area (Å²) in [6, 6.07) is 23.1. The fraction of sp³-hybridized carbons (Fsp3) is 0.385. The highest BCUT2D eigenvalue weighted by molar-refractivity contribution is 6.99. The van der Waals surface area contributed by atoms with Gasteiger partial charge in [0.1, 0.15) is 11.7 Å². The lowest BCUT2D eigenvalue weighted by Gasteiger charge is -2.43. The molecular weight excluding hydrogens is 404 g/mol. The lowest BCUT2D eigenvalue weighted by atomic mass is 9.94. The second-order valence-electron chi connectivity index (χ2n) is 9.43. The first-order valence-corrected chi connectivity index (χ1v) is 12.9. The van der Waals surface area contributed by atoms with Gasteiger partial charge in [-0.25, -0.2) is 0 Å². The Morgan fingerprint density at radius 1 is 1.00 bits per heavy atom. The van der Waals surface area contributed by atoms with Gasteiger partial charge in [-0.15, -0.1) is 0 Å². The predicted octanol–water partition coefficient (Wildman–Crippen LogP) is 4.44. The molecule has 1 aliphatic heterocycles. The molecule has 2 atom stereocenters. The summed E-state index contributed by atoms with van der Waals surface area (Å²) in [5.74, 6) is 0. The number of rotatable bonds is 9. The van der Waals surface area contributed by atoms with E-state index in [9.17, 15) is 5.11 Å². The van der Waals surface area contributed by atoms with Crippen molar-refractivity contribution in [2.45, 2.75) is 50.4 Å². The minimum Gasteiger partial charge on any atom is -0.472 e. The van der Waals surface area contributed by atoms with Crippen LogP contribution in [0.1, 0.15) is 45.3 Å². The summed E-state index contributed by atoms with van der Waals surface area (Å²) in [6.07, 6.45) is 4.07. The fourth-order valence-corrected chi connectivity index (χ4v) is 9.23. The molecule has 164 valence electrons. The van der Waals surface area contributed by atoms with Gasteiger partial charge in [0.25, 0.3) is 8.32 Å². The standard InChI is InChI=1S/C26H32O4Si/c1-25(2,3)31(22-11-6-4-7-12-22,23-13-8-5-9-14-23)30-17-10-16-26(20-29-26)24(27)21-15-18-28-19-21/h4-9,11-15,18-19,24,27H,10,16-17,20H2,1-3H3/t24-,26+/m0/s1. The van der Waals surface area contributed by atoms with Crippen LogP contribution in [0.5, 0.6) is 0 Å². The number of benzene rings is 2. The number of ether oxygens (including phenoxy) is 1. The number of epoxide rings is 1. The van der Waals surface area contributed by atoms with Crippen LogP contribution in [0.2, 0.25) is 5.04 Å². The van der Waals surface area contributed by atoms with E-state index in [1.807, 2.05) is 0 Å². The highest BCUT2D eigenvalue weighted by Gasteiger charge is 2.52. The van der Waals surface area contributed by atoms with E-state index >= 15 is 0 Å². The molecule has 5 heteroatoms. The third-order valence-corrected chi connectivity index (χ3v) is 11.4. The summed E-state index contributed by atoms with van der Waals surface area (Å²) >= 11 is 0. The highest BCUT2D eigenvalue weighted by Crippen LogP contribution is 2.44. The van der Waals surface area contributed by atoms with Gasteiger partial charge in [0.05, 0.1) is 19.1 Å².